The molecule has 1 heterocycles. The number of aryl methyl sites for hydroxylation is 1. The molecule has 1 aliphatic carbocycles. The van der Waals surface area contributed by atoms with Crippen LogP contribution in [0.4, 0.5) is 0 Å². The van der Waals surface area contributed by atoms with E-state index in [0.29, 0.717) is 0 Å². The van der Waals surface area contributed by atoms with Gasteiger partial charge in [-0.15, -0.1) is 0 Å². The Morgan fingerprint density at radius 1 is 1.38 bits per heavy atom. The molecular formula is C17H18BrNO2. The van der Waals surface area contributed by atoms with Crippen LogP contribution in [0.5, 0.6) is 5.75 Å². The summed E-state index contributed by atoms with van der Waals surface area (Å²) < 4.78 is 6.10. The zero-order valence-corrected chi connectivity index (χ0v) is 13.5. The summed E-state index contributed by atoms with van der Waals surface area (Å²) in [7, 11) is 1.64. The largest absolute Gasteiger partial charge is 0.496 e. The summed E-state index contributed by atoms with van der Waals surface area (Å²) >= 11 is 3.48. The van der Waals surface area contributed by atoms with E-state index in [1.807, 2.05) is 30.5 Å². The number of fused-ring (bicyclic) bond motifs is 1. The molecule has 1 aromatic heterocycles. The molecule has 2 unspecified atom stereocenters. The highest BCUT2D eigenvalue weighted by atomic mass is 79.9. The van der Waals surface area contributed by atoms with Crippen molar-refractivity contribution in [2.75, 3.05) is 7.11 Å². The number of ether oxygens (including phenoxy) is 1. The predicted molar refractivity (Wildman–Crippen MR) is 85.6 cm³/mol. The first-order valence-electron chi connectivity index (χ1n) is 7.16. The van der Waals surface area contributed by atoms with Crippen molar-refractivity contribution in [2.24, 2.45) is 0 Å². The van der Waals surface area contributed by atoms with E-state index < -0.39 is 6.10 Å². The summed E-state index contributed by atoms with van der Waals surface area (Å²) in [5, 5.41) is 10.8. The van der Waals surface area contributed by atoms with Gasteiger partial charge in [0.2, 0.25) is 0 Å². The van der Waals surface area contributed by atoms with Crippen LogP contribution in [0.3, 0.4) is 0 Å². The van der Waals surface area contributed by atoms with E-state index in [1.54, 1.807) is 7.11 Å². The van der Waals surface area contributed by atoms with E-state index in [0.717, 1.165) is 40.7 Å². The molecule has 3 rings (SSSR count). The molecule has 21 heavy (non-hydrogen) atoms. The molecule has 0 bridgehead atoms. The molecular weight excluding hydrogens is 330 g/mol. The van der Waals surface area contributed by atoms with Gasteiger partial charge in [0.05, 0.1) is 17.7 Å². The molecule has 0 radical (unpaired) electrons. The Morgan fingerprint density at radius 3 is 3.00 bits per heavy atom. The number of nitrogens with zero attached hydrogens (tertiary/aromatic N) is 1. The number of halogens is 1. The maximum Gasteiger partial charge on any atom is 0.133 e. The van der Waals surface area contributed by atoms with Gasteiger partial charge in [0, 0.05) is 17.8 Å². The second-order valence-electron chi connectivity index (χ2n) is 5.39. The molecule has 1 N–H and O–H groups in total. The van der Waals surface area contributed by atoms with Crippen molar-refractivity contribution in [3.63, 3.8) is 0 Å². The van der Waals surface area contributed by atoms with Crippen molar-refractivity contribution in [1.29, 1.82) is 0 Å². The number of aromatic nitrogens is 1. The SMILES string of the molecule is COc1ccc(C(O)C2CCCc3cccnc32)cc1Br. The molecule has 2 aromatic rings. The number of pyridine rings is 1. The Labute approximate surface area is 133 Å². The number of hydrogen-bond acceptors (Lipinski definition) is 3. The lowest BCUT2D eigenvalue weighted by Gasteiger charge is -2.28. The van der Waals surface area contributed by atoms with E-state index in [2.05, 4.69) is 27.0 Å². The second-order valence-corrected chi connectivity index (χ2v) is 6.24. The van der Waals surface area contributed by atoms with Crippen molar-refractivity contribution in [3.8, 4) is 5.75 Å². The molecule has 0 saturated heterocycles. The van der Waals surface area contributed by atoms with Crippen molar-refractivity contribution in [2.45, 2.75) is 31.3 Å². The standard InChI is InChI=1S/C17H18BrNO2/c1-21-15-8-7-12(10-14(15)18)17(20)13-6-2-4-11-5-3-9-19-16(11)13/h3,5,7-10,13,17,20H,2,4,6H2,1H3. The zero-order valence-electron chi connectivity index (χ0n) is 11.9. The lowest BCUT2D eigenvalue weighted by molar-refractivity contribution is 0.134. The summed E-state index contributed by atoms with van der Waals surface area (Å²) in [5.74, 6) is 0.836. The number of aliphatic hydroxyl groups excluding tert-OH is 1. The Bertz CT molecular complexity index is 644. The molecule has 2 atom stereocenters. The van der Waals surface area contributed by atoms with Gasteiger partial charge in [-0.25, -0.2) is 0 Å². The number of rotatable bonds is 3. The second kappa shape index (κ2) is 6.16. The van der Waals surface area contributed by atoms with E-state index in [4.69, 9.17) is 4.74 Å². The van der Waals surface area contributed by atoms with Gasteiger partial charge in [0.1, 0.15) is 5.75 Å². The van der Waals surface area contributed by atoms with Crippen LogP contribution in [0.15, 0.2) is 41.0 Å². The van der Waals surface area contributed by atoms with Gasteiger partial charge < -0.3 is 9.84 Å². The van der Waals surface area contributed by atoms with Crippen LogP contribution in [0.1, 0.15) is 41.7 Å². The number of hydrogen-bond donors (Lipinski definition) is 1. The maximum absolute atomic E-state index is 10.8. The van der Waals surface area contributed by atoms with Crippen LogP contribution in [-0.4, -0.2) is 17.2 Å². The van der Waals surface area contributed by atoms with Gasteiger partial charge in [-0.2, -0.15) is 0 Å². The van der Waals surface area contributed by atoms with Gasteiger partial charge in [-0.3, -0.25) is 4.98 Å². The lowest BCUT2D eigenvalue weighted by atomic mass is 9.81. The normalized spacial score (nSPS) is 18.9. The van der Waals surface area contributed by atoms with E-state index in [-0.39, 0.29) is 5.92 Å². The lowest BCUT2D eigenvalue weighted by Crippen LogP contribution is -2.18. The molecule has 4 heteroatoms. The predicted octanol–water partition coefficient (Wildman–Crippen LogP) is 4.01. The molecule has 1 aromatic carbocycles. The van der Waals surface area contributed by atoms with Gasteiger partial charge >= 0.3 is 0 Å². The van der Waals surface area contributed by atoms with Gasteiger partial charge in [-0.05, 0) is 64.5 Å². The van der Waals surface area contributed by atoms with E-state index in [9.17, 15) is 5.11 Å². The third-order valence-corrected chi connectivity index (χ3v) is 4.76. The van der Waals surface area contributed by atoms with Crippen LogP contribution in [0.2, 0.25) is 0 Å². The first-order valence-corrected chi connectivity index (χ1v) is 7.95. The number of methoxy groups -OCH3 is 1. The smallest absolute Gasteiger partial charge is 0.133 e. The Balaban J connectivity index is 1.92. The fraction of sp³-hybridized carbons (Fsp3) is 0.353. The molecule has 110 valence electrons. The Morgan fingerprint density at radius 2 is 2.24 bits per heavy atom. The number of aliphatic hydroxyl groups is 1. The molecule has 0 saturated carbocycles. The third-order valence-electron chi connectivity index (χ3n) is 4.14. The van der Waals surface area contributed by atoms with Gasteiger partial charge in [0.25, 0.3) is 0 Å². The monoisotopic (exact) mass is 347 g/mol. The fourth-order valence-electron chi connectivity index (χ4n) is 3.05. The molecule has 0 spiro atoms. The highest BCUT2D eigenvalue weighted by Crippen LogP contribution is 2.40. The highest BCUT2D eigenvalue weighted by molar-refractivity contribution is 9.10. The third kappa shape index (κ3) is 2.83. The fourth-order valence-corrected chi connectivity index (χ4v) is 3.61. The van der Waals surface area contributed by atoms with Gasteiger partial charge in [0.15, 0.2) is 0 Å². The first-order chi connectivity index (χ1) is 10.2. The van der Waals surface area contributed by atoms with Gasteiger partial charge in [-0.1, -0.05) is 12.1 Å². The zero-order chi connectivity index (χ0) is 14.8. The topological polar surface area (TPSA) is 42.4 Å². The van der Waals surface area contributed by atoms with Crippen LogP contribution in [-0.2, 0) is 6.42 Å². The minimum atomic E-state index is -0.541. The van der Waals surface area contributed by atoms with Crippen molar-refractivity contribution >= 4 is 15.9 Å². The maximum atomic E-state index is 10.8. The summed E-state index contributed by atoms with van der Waals surface area (Å²) in [6.45, 7) is 0. The van der Waals surface area contributed by atoms with E-state index in [1.165, 1.54) is 5.56 Å². The molecule has 0 amide bonds. The quantitative estimate of drug-likeness (QED) is 0.912. The van der Waals surface area contributed by atoms with Crippen molar-refractivity contribution in [3.05, 3.63) is 57.8 Å². The van der Waals surface area contributed by atoms with Crippen LogP contribution >= 0.6 is 15.9 Å². The number of benzene rings is 1. The highest BCUT2D eigenvalue weighted by Gasteiger charge is 2.29. The van der Waals surface area contributed by atoms with Crippen molar-refractivity contribution < 1.29 is 9.84 Å². The average Bonchev–Trinajstić information content (AvgIpc) is 2.53. The Kier molecular flexibility index (Phi) is 4.27. The summed E-state index contributed by atoms with van der Waals surface area (Å²) in [4.78, 5) is 4.51. The molecule has 3 nitrogen and oxygen atoms in total. The molecule has 1 aliphatic rings. The average molecular weight is 348 g/mol. The molecule has 0 fully saturated rings. The summed E-state index contributed by atoms with van der Waals surface area (Å²) in [6, 6.07) is 9.82. The Hall–Kier alpha value is -1.39. The van der Waals surface area contributed by atoms with Crippen LogP contribution in [0.25, 0.3) is 0 Å². The summed E-state index contributed by atoms with van der Waals surface area (Å²) in [5.41, 5.74) is 3.20. The van der Waals surface area contributed by atoms with Crippen LogP contribution < -0.4 is 4.74 Å². The molecule has 0 aliphatic heterocycles. The minimum absolute atomic E-state index is 0.0650. The first kappa shape index (κ1) is 14.5. The van der Waals surface area contributed by atoms with Crippen LogP contribution in [0, 0.1) is 0 Å². The minimum Gasteiger partial charge on any atom is -0.496 e. The van der Waals surface area contributed by atoms with Crippen molar-refractivity contribution in [1.82, 2.24) is 4.98 Å². The summed E-state index contributed by atoms with van der Waals surface area (Å²) in [6.07, 6.45) is 4.39. The van der Waals surface area contributed by atoms with E-state index >= 15 is 0 Å².